The average Bonchev–Trinajstić information content (AvgIpc) is 2.38. The first-order valence-corrected chi connectivity index (χ1v) is 6.47. The summed E-state index contributed by atoms with van der Waals surface area (Å²) in [5.74, 6) is -0.230. The van der Waals surface area contributed by atoms with E-state index in [0.29, 0.717) is 6.54 Å². The summed E-state index contributed by atoms with van der Waals surface area (Å²) in [5.41, 5.74) is 6.02. The highest BCUT2D eigenvalue weighted by Crippen LogP contribution is 2.30. The second-order valence-corrected chi connectivity index (χ2v) is 4.83. The van der Waals surface area contributed by atoms with E-state index < -0.39 is 12.5 Å². The largest absolute Gasteiger partial charge is 0.493 e. The molecule has 5 nitrogen and oxygen atoms in total. The molecule has 0 bridgehead atoms. The van der Waals surface area contributed by atoms with Crippen LogP contribution in [0.5, 0.6) is 11.5 Å². The minimum Gasteiger partial charge on any atom is -0.493 e. The quantitative estimate of drug-likeness (QED) is 0.797. The second kappa shape index (κ2) is 7.78. The molecule has 0 aliphatic rings. The number of alkyl halides is 2. The fourth-order valence-electron chi connectivity index (χ4n) is 1.86. The van der Waals surface area contributed by atoms with E-state index in [2.05, 4.69) is 4.74 Å². The molecule has 0 fully saturated rings. The molecule has 0 aromatic heterocycles. The number of benzene rings is 1. The molecule has 1 aromatic rings. The van der Waals surface area contributed by atoms with Crippen molar-refractivity contribution in [3.05, 3.63) is 23.8 Å². The first kappa shape index (κ1) is 17.2. The van der Waals surface area contributed by atoms with Crippen LogP contribution in [0.4, 0.5) is 8.78 Å². The number of nitrogens with zero attached hydrogens (tertiary/aromatic N) is 1. The Balaban J connectivity index is 2.90. The number of nitrogens with two attached hydrogens (primary N) is 1. The molecule has 0 radical (unpaired) electrons. The molecule has 118 valence electrons. The van der Waals surface area contributed by atoms with Crippen molar-refractivity contribution in [2.24, 2.45) is 5.73 Å². The predicted octanol–water partition coefficient (Wildman–Crippen LogP) is 1.99. The highest BCUT2D eigenvalue weighted by Gasteiger charge is 2.15. The SMILES string of the molecule is COc1cc(CN(CC(N)=O)C(C)C)ccc1OC(F)F. The maximum atomic E-state index is 12.3. The molecule has 1 amide bonds. The van der Waals surface area contributed by atoms with Gasteiger partial charge in [0.25, 0.3) is 0 Å². The Hall–Kier alpha value is -1.89. The van der Waals surface area contributed by atoms with Crippen molar-refractivity contribution in [3.63, 3.8) is 0 Å². The van der Waals surface area contributed by atoms with Crippen LogP contribution in [0.25, 0.3) is 0 Å². The summed E-state index contributed by atoms with van der Waals surface area (Å²) in [6.07, 6.45) is 0. The zero-order valence-corrected chi connectivity index (χ0v) is 12.3. The first-order valence-electron chi connectivity index (χ1n) is 6.47. The zero-order valence-electron chi connectivity index (χ0n) is 12.3. The third-order valence-corrected chi connectivity index (χ3v) is 2.92. The molecular weight excluding hydrogens is 282 g/mol. The van der Waals surface area contributed by atoms with Crippen molar-refractivity contribution in [1.82, 2.24) is 4.90 Å². The van der Waals surface area contributed by atoms with Crippen LogP contribution < -0.4 is 15.2 Å². The number of amides is 1. The van der Waals surface area contributed by atoms with Gasteiger partial charge in [-0.3, -0.25) is 9.69 Å². The molecule has 0 saturated carbocycles. The van der Waals surface area contributed by atoms with Crippen LogP contribution >= 0.6 is 0 Å². The van der Waals surface area contributed by atoms with Gasteiger partial charge in [0.1, 0.15) is 0 Å². The van der Waals surface area contributed by atoms with E-state index in [1.165, 1.54) is 13.2 Å². The van der Waals surface area contributed by atoms with Crippen LogP contribution in [-0.4, -0.2) is 37.1 Å². The van der Waals surface area contributed by atoms with Crippen molar-refractivity contribution < 1.29 is 23.0 Å². The number of halogens is 2. The fraction of sp³-hybridized carbons (Fsp3) is 0.500. The van der Waals surface area contributed by atoms with Crippen LogP contribution in [0.2, 0.25) is 0 Å². The van der Waals surface area contributed by atoms with Crippen LogP contribution in [-0.2, 0) is 11.3 Å². The summed E-state index contributed by atoms with van der Waals surface area (Å²) in [6, 6.07) is 4.79. The van der Waals surface area contributed by atoms with Crippen molar-refractivity contribution in [2.75, 3.05) is 13.7 Å². The average molecular weight is 302 g/mol. The number of methoxy groups -OCH3 is 1. The Morgan fingerprint density at radius 1 is 1.33 bits per heavy atom. The van der Waals surface area contributed by atoms with E-state index in [-0.39, 0.29) is 24.1 Å². The van der Waals surface area contributed by atoms with Crippen LogP contribution in [0.3, 0.4) is 0 Å². The lowest BCUT2D eigenvalue weighted by Crippen LogP contribution is -2.37. The van der Waals surface area contributed by atoms with Crippen molar-refractivity contribution in [3.8, 4) is 11.5 Å². The van der Waals surface area contributed by atoms with Crippen molar-refractivity contribution >= 4 is 5.91 Å². The number of rotatable bonds is 8. The normalized spacial score (nSPS) is 11.2. The monoisotopic (exact) mass is 302 g/mol. The van der Waals surface area contributed by atoms with E-state index in [1.54, 1.807) is 12.1 Å². The smallest absolute Gasteiger partial charge is 0.387 e. The van der Waals surface area contributed by atoms with Crippen molar-refractivity contribution in [1.29, 1.82) is 0 Å². The highest BCUT2D eigenvalue weighted by molar-refractivity contribution is 5.75. The Labute approximate surface area is 122 Å². The van der Waals surface area contributed by atoms with Crippen molar-refractivity contribution in [2.45, 2.75) is 33.0 Å². The summed E-state index contributed by atoms with van der Waals surface area (Å²) in [5, 5.41) is 0. The molecule has 0 saturated heterocycles. The Morgan fingerprint density at radius 3 is 2.48 bits per heavy atom. The van der Waals surface area contributed by atoms with Crippen LogP contribution in [0.15, 0.2) is 18.2 Å². The molecule has 0 aliphatic heterocycles. The number of hydrogen-bond donors (Lipinski definition) is 1. The third kappa shape index (κ3) is 5.55. The maximum Gasteiger partial charge on any atom is 0.387 e. The topological polar surface area (TPSA) is 64.8 Å². The lowest BCUT2D eigenvalue weighted by molar-refractivity contribution is -0.119. The van der Waals surface area contributed by atoms with Gasteiger partial charge in [-0.25, -0.2) is 0 Å². The lowest BCUT2D eigenvalue weighted by atomic mass is 10.1. The molecule has 0 heterocycles. The number of ether oxygens (including phenoxy) is 2. The summed E-state index contributed by atoms with van der Waals surface area (Å²) < 4.78 is 33.9. The minimum atomic E-state index is -2.91. The number of carbonyl (C=O) groups excluding carboxylic acids is 1. The molecule has 1 rings (SSSR count). The van der Waals surface area contributed by atoms with Gasteiger partial charge >= 0.3 is 6.61 Å². The first-order chi connectivity index (χ1) is 9.83. The molecule has 0 aliphatic carbocycles. The van der Waals surface area contributed by atoms with Gasteiger partial charge in [0.15, 0.2) is 11.5 Å². The molecular formula is C14H20F2N2O3. The molecule has 7 heteroatoms. The van der Waals surface area contributed by atoms with E-state index in [0.717, 1.165) is 5.56 Å². The van der Waals surface area contributed by atoms with Gasteiger partial charge in [-0.05, 0) is 31.5 Å². The molecule has 0 atom stereocenters. The Bertz CT molecular complexity index is 481. The summed E-state index contributed by atoms with van der Waals surface area (Å²) in [7, 11) is 1.38. The van der Waals surface area contributed by atoms with E-state index in [1.807, 2.05) is 18.7 Å². The van der Waals surface area contributed by atoms with E-state index in [9.17, 15) is 13.6 Å². The van der Waals surface area contributed by atoms with Gasteiger partial charge in [0.2, 0.25) is 5.91 Å². The highest BCUT2D eigenvalue weighted by atomic mass is 19.3. The molecule has 1 aromatic carbocycles. The third-order valence-electron chi connectivity index (χ3n) is 2.92. The van der Waals surface area contributed by atoms with Gasteiger partial charge in [-0.2, -0.15) is 8.78 Å². The lowest BCUT2D eigenvalue weighted by Gasteiger charge is -2.25. The second-order valence-electron chi connectivity index (χ2n) is 4.83. The van der Waals surface area contributed by atoms with E-state index >= 15 is 0 Å². The van der Waals surface area contributed by atoms with Gasteiger partial charge in [-0.15, -0.1) is 0 Å². The number of primary amides is 1. The van der Waals surface area contributed by atoms with Gasteiger partial charge in [0, 0.05) is 12.6 Å². The van der Waals surface area contributed by atoms with Gasteiger partial charge in [0.05, 0.1) is 13.7 Å². The van der Waals surface area contributed by atoms with Crippen LogP contribution in [0.1, 0.15) is 19.4 Å². The maximum absolute atomic E-state index is 12.3. The van der Waals surface area contributed by atoms with Crippen LogP contribution in [0, 0.1) is 0 Å². The fourth-order valence-corrected chi connectivity index (χ4v) is 1.86. The number of carbonyl (C=O) groups is 1. The zero-order chi connectivity index (χ0) is 16.0. The molecule has 0 spiro atoms. The van der Waals surface area contributed by atoms with E-state index in [4.69, 9.17) is 10.5 Å². The Morgan fingerprint density at radius 2 is 2.00 bits per heavy atom. The predicted molar refractivity (Wildman–Crippen MR) is 74.4 cm³/mol. The standard InChI is InChI=1S/C14H20F2N2O3/c1-9(2)18(8-13(17)19)7-10-4-5-11(21-14(15)16)12(6-10)20-3/h4-6,9,14H,7-8H2,1-3H3,(H2,17,19). The minimum absolute atomic E-state index is 0.0257. The summed E-state index contributed by atoms with van der Waals surface area (Å²) in [4.78, 5) is 12.9. The molecule has 0 unspecified atom stereocenters. The summed E-state index contributed by atoms with van der Waals surface area (Å²) >= 11 is 0. The summed E-state index contributed by atoms with van der Waals surface area (Å²) in [6.45, 7) is 1.54. The number of hydrogen-bond acceptors (Lipinski definition) is 4. The van der Waals surface area contributed by atoms with Gasteiger partial charge in [-0.1, -0.05) is 6.07 Å². The molecule has 21 heavy (non-hydrogen) atoms. The Kier molecular flexibility index (Phi) is 6.36. The molecule has 2 N–H and O–H groups in total. The van der Waals surface area contributed by atoms with Gasteiger partial charge < -0.3 is 15.2 Å².